The van der Waals surface area contributed by atoms with Crippen molar-refractivity contribution in [2.24, 2.45) is 0 Å². The fourth-order valence-corrected chi connectivity index (χ4v) is 1.03. The molecule has 0 saturated heterocycles. The molecule has 0 aliphatic heterocycles. The van der Waals surface area contributed by atoms with Gasteiger partial charge in [-0.1, -0.05) is 12.7 Å². The Bertz CT molecular complexity index is 458. The number of nitro groups is 1. The summed E-state index contributed by atoms with van der Waals surface area (Å²) in [5, 5.41) is 10.7. The van der Waals surface area contributed by atoms with Gasteiger partial charge in [-0.05, 0) is 6.07 Å². The first-order valence-electron chi connectivity index (χ1n) is 4.57. The Balaban J connectivity index is 3.13. The minimum Gasteiger partial charge on any atom is -0.469 e. The summed E-state index contributed by atoms with van der Waals surface area (Å²) in [5.74, 6) is -0.929. The second-order valence-corrected chi connectivity index (χ2v) is 2.87. The predicted octanol–water partition coefficient (Wildman–Crippen LogP) is 1.34. The molecule has 7 nitrogen and oxygen atoms in total. The maximum absolute atomic E-state index is 11.2. The van der Waals surface area contributed by atoms with Crippen LogP contribution in [0.1, 0.15) is 10.5 Å². The highest BCUT2D eigenvalue weighted by Crippen LogP contribution is 2.24. The summed E-state index contributed by atoms with van der Waals surface area (Å²) in [7, 11) is 1.19. The van der Waals surface area contributed by atoms with E-state index in [4.69, 9.17) is 4.74 Å². The third kappa shape index (κ3) is 3.00. The zero-order valence-corrected chi connectivity index (χ0v) is 9.08. The maximum Gasteiger partial charge on any atom is 0.356 e. The van der Waals surface area contributed by atoms with Gasteiger partial charge in [0.05, 0.1) is 12.0 Å². The molecule has 7 heteroatoms. The molecule has 17 heavy (non-hydrogen) atoms. The molecule has 0 fully saturated rings. The molecule has 0 bridgehead atoms. The number of esters is 1. The second-order valence-electron chi connectivity index (χ2n) is 2.87. The molecular formula is C10H10N2O5. The van der Waals surface area contributed by atoms with E-state index in [-0.39, 0.29) is 23.9 Å². The number of methoxy groups -OCH3 is 1. The van der Waals surface area contributed by atoms with Crippen LogP contribution in [0.25, 0.3) is 0 Å². The van der Waals surface area contributed by atoms with Crippen LogP contribution in [-0.4, -0.2) is 29.6 Å². The highest BCUT2D eigenvalue weighted by molar-refractivity contribution is 5.87. The van der Waals surface area contributed by atoms with E-state index in [2.05, 4.69) is 16.3 Å². The minimum atomic E-state index is -0.691. The Morgan fingerprint density at radius 2 is 2.35 bits per heavy atom. The molecule has 1 rings (SSSR count). The van der Waals surface area contributed by atoms with Gasteiger partial charge in [-0.15, -0.1) is 0 Å². The average molecular weight is 238 g/mol. The van der Waals surface area contributed by atoms with Crippen LogP contribution in [0, 0.1) is 10.1 Å². The number of carbonyl (C=O) groups is 1. The predicted molar refractivity (Wildman–Crippen MR) is 57.9 cm³/mol. The third-order valence-electron chi connectivity index (χ3n) is 1.77. The van der Waals surface area contributed by atoms with Crippen molar-refractivity contribution in [3.05, 3.63) is 40.6 Å². The summed E-state index contributed by atoms with van der Waals surface area (Å²) >= 11 is 0. The number of carbonyl (C=O) groups excluding carboxylic acids is 1. The van der Waals surface area contributed by atoms with E-state index in [1.165, 1.54) is 19.3 Å². The molecule has 0 saturated carbocycles. The normalized spacial score (nSPS) is 9.47. The smallest absolute Gasteiger partial charge is 0.356 e. The van der Waals surface area contributed by atoms with Gasteiger partial charge in [0, 0.05) is 6.07 Å². The second kappa shape index (κ2) is 5.59. The average Bonchev–Trinajstić information content (AvgIpc) is 2.34. The lowest BCUT2D eigenvalue weighted by molar-refractivity contribution is -0.386. The van der Waals surface area contributed by atoms with Crippen molar-refractivity contribution in [3.63, 3.8) is 0 Å². The van der Waals surface area contributed by atoms with Crippen LogP contribution in [-0.2, 0) is 4.74 Å². The fourth-order valence-electron chi connectivity index (χ4n) is 1.03. The van der Waals surface area contributed by atoms with E-state index in [1.807, 2.05) is 0 Å². The Kier molecular flexibility index (Phi) is 4.15. The van der Waals surface area contributed by atoms with E-state index < -0.39 is 10.9 Å². The third-order valence-corrected chi connectivity index (χ3v) is 1.77. The van der Waals surface area contributed by atoms with Crippen LogP contribution in [0.4, 0.5) is 5.69 Å². The SMILES string of the molecule is C=CCOc1nc(C(=O)OC)ccc1[N+](=O)[O-]. The molecule has 0 N–H and O–H groups in total. The lowest BCUT2D eigenvalue weighted by atomic mass is 10.3. The van der Waals surface area contributed by atoms with E-state index in [1.54, 1.807) is 0 Å². The number of nitrogens with zero attached hydrogens (tertiary/aromatic N) is 2. The van der Waals surface area contributed by atoms with E-state index in [0.717, 1.165) is 6.07 Å². The van der Waals surface area contributed by atoms with Crippen LogP contribution < -0.4 is 4.74 Å². The number of hydrogen-bond donors (Lipinski definition) is 0. The standard InChI is InChI=1S/C10H10N2O5/c1-3-6-17-9-8(12(14)15)5-4-7(11-9)10(13)16-2/h3-5H,1,6H2,2H3. The quantitative estimate of drug-likeness (QED) is 0.332. The van der Waals surface area contributed by atoms with Gasteiger partial charge in [0.15, 0.2) is 5.69 Å². The summed E-state index contributed by atoms with van der Waals surface area (Å²) < 4.78 is 9.45. The Labute approximate surface area is 96.8 Å². The van der Waals surface area contributed by atoms with Gasteiger partial charge in [-0.2, -0.15) is 0 Å². The lowest BCUT2D eigenvalue weighted by Crippen LogP contribution is -2.07. The maximum atomic E-state index is 11.2. The van der Waals surface area contributed by atoms with Crippen molar-refractivity contribution in [2.75, 3.05) is 13.7 Å². The van der Waals surface area contributed by atoms with Gasteiger partial charge >= 0.3 is 11.7 Å². The van der Waals surface area contributed by atoms with Gasteiger partial charge in [0.25, 0.3) is 5.88 Å². The molecule has 0 atom stereocenters. The summed E-state index contributed by atoms with van der Waals surface area (Å²) in [6.07, 6.45) is 1.41. The van der Waals surface area contributed by atoms with Gasteiger partial charge in [0.1, 0.15) is 6.61 Å². The van der Waals surface area contributed by atoms with E-state index >= 15 is 0 Å². The van der Waals surface area contributed by atoms with Gasteiger partial charge in [-0.25, -0.2) is 9.78 Å². The summed E-state index contributed by atoms with van der Waals surface area (Å²) in [4.78, 5) is 24.9. The van der Waals surface area contributed by atoms with Crippen molar-refractivity contribution < 1.29 is 19.2 Å². The number of hydrogen-bond acceptors (Lipinski definition) is 6. The first-order valence-corrected chi connectivity index (χ1v) is 4.57. The van der Waals surface area contributed by atoms with Gasteiger partial charge < -0.3 is 9.47 Å². The van der Waals surface area contributed by atoms with Crippen LogP contribution in [0.5, 0.6) is 5.88 Å². The first kappa shape index (κ1) is 12.6. The largest absolute Gasteiger partial charge is 0.469 e. The molecule has 0 unspecified atom stereocenters. The van der Waals surface area contributed by atoms with Crippen molar-refractivity contribution in [1.82, 2.24) is 4.98 Å². The molecule has 0 spiro atoms. The molecule has 0 aliphatic carbocycles. The van der Waals surface area contributed by atoms with Crippen molar-refractivity contribution in [1.29, 1.82) is 0 Å². The Hall–Kier alpha value is -2.44. The molecule has 90 valence electrons. The molecule has 1 heterocycles. The molecule has 0 amide bonds. The minimum absolute atomic E-state index is 0.0540. The zero-order chi connectivity index (χ0) is 12.8. The number of ether oxygens (including phenoxy) is 2. The molecule has 1 aromatic rings. The molecule has 0 aliphatic rings. The molecule has 0 radical (unpaired) electrons. The molecule has 0 aromatic carbocycles. The van der Waals surface area contributed by atoms with E-state index in [0.29, 0.717) is 0 Å². The topological polar surface area (TPSA) is 91.6 Å². The van der Waals surface area contributed by atoms with Crippen LogP contribution in [0.3, 0.4) is 0 Å². The number of aromatic nitrogens is 1. The van der Waals surface area contributed by atoms with Crippen LogP contribution in [0.15, 0.2) is 24.8 Å². The summed E-state index contributed by atoms with van der Waals surface area (Å²) in [6, 6.07) is 2.34. The highest BCUT2D eigenvalue weighted by atomic mass is 16.6. The van der Waals surface area contributed by atoms with E-state index in [9.17, 15) is 14.9 Å². The summed E-state index contributed by atoms with van der Waals surface area (Å²) in [5.41, 5.74) is -0.378. The van der Waals surface area contributed by atoms with Crippen molar-refractivity contribution in [2.45, 2.75) is 0 Å². The van der Waals surface area contributed by atoms with Crippen LogP contribution >= 0.6 is 0 Å². The Morgan fingerprint density at radius 3 is 2.88 bits per heavy atom. The highest BCUT2D eigenvalue weighted by Gasteiger charge is 2.20. The number of rotatable bonds is 5. The monoisotopic (exact) mass is 238 g/mol. The lowest BCUT2D eigenvalue weighted by Gasteiger charge is -2.04. The Morgan fingerprint density at radius 1 is 1.65 bits per heavy atom. The molecular weight excluding hydrogens is 228 g/mol. The zero-order valence-electron chi connectivity index (χ0n) is 9.08. The van der Waals surface area contributed by atoms with Crippen molar-refractivity contribution in [3.8, 4) is 5.88 Å². The van der Waals surface area contributed by atoms with Gasteiger partial charge in [0.2, 0.25) is 0 Å². The first-order chi connectivity index (χ1) is 8.10. The van der Waals surface area contributed by atoms with Gasteiger partial charge in [-0.3, -0.25) is 10.1 Å². The fraction of sp³-hybridized carbons (Fsp3) is 0.200. The summed E-state index contributed by atoms with van der Waals surface area (Å²) in [6.45, 7) is 3.46. The molecule has 1 aromatic heterocycles. The van der Waals surface area contributed by atoms with Crippen LogP contribution in [0.2, 0.25) is 0 Å². The van der Waals surface area contributed by atoms with Crippen molar-refractivity contribution >= 4 is 11.7 Å². The number of pyridine rings is 1.